The van der Waals surface area contributed by atoms with Crippen LogP contribution in [-0.2, 0) is 0 Å². The first kappa shape index (κ1) is 13.4. The second-order valence-electron chi connectivity index (χ2n) is 3.73. The summed E-state index contributed by atoms with van der Waals surface area (Å²) in [6, 6.07) is 14.4. The molecule has 2 rings (SSSR count). The molecule has 0 radical (unpaired) electrons. The number of nitrogens with zero attached hydrogens (tertiary/aromatic N) is 2. The van der Waals surface area contributed by atoms with Crippen LogP contribution in [0.15, 0.2) is 40.9 Å². The number of anilines is 2. The molecule has 2 aromatic carbocycles. The van der Waals surface area contributed by atoms with Crippen LogP contribution in [0.3, 0.4) is 0 Å². The van der Waals surface area contributed by atoms with E-state index in [0.29, 0.717) is 27.5 Å². The largest absolute Gasteiger partial charge is 0.353 e. The van der Waals surface area contributed by atoms with Crippen LogP contribution in [0.1, 0.15) is 11.1 Å². The van der Waals surface area contributed by atoms with Crippen LogP contribution in [-0.4, -0.2) is 0 Å². The predicted molar refractivity (Wildman–Crippen MR) is 78.3 cm³/mol. The number of benzene rings is 2. The Morgan fingerprint density at radius 3 is 2.42 bits per heavy atom. The quantitative estimate of drug-likeness (QED) is 0.875. The van der Waals surface area contributed by atoms with Crippen molar-refractivity contribution in [1.82, 2.24) is 0 Å². The van der Waals surface area contributed by atoms with E-state index in [-0.39, 0.29) is 0 Å². The van der Waals surface area contributed by atoms with Crippen LogP contribution in [0.2, 0.25) is 5.02 Å². The Morgan fingerprint density at radius 2 is 1.79 bits per heavy atom. The van der Waals surface area contributed by atoms with E-state index in [0.717, 1.165) is 4.47 Å². The normalized spacial score (nSPS) is 9.47. The summed E-state index contributed by atoms with van der Waals surface area (Å²) in [5.41, 5.74) is 2.31. The van der Waals surface area contributed by atoms with Gasteiger partial charge < -0.3 is 5.32 Å². The smallest absolute Gasteiger partial charge is 0.101 e. The summed E-state index contributed by atoms with van der Waals surface area (Å²) in [5.74, 6) is 0. The summed E-state index contributed by atoms with van der Waals surface area (Å²) in [4.78, 5) is 0. The Labute approximate surface area is 124 Å². The maximum atomic E-state index is 9.06. The second-order valence-corrected chi connectivity index (χ2v) is 5.06. The Balaban J connectivity index is 2.40. The highest BCUT2D eigenvalue weighted by Crippen LogP contribution is 2.29. The molecule has 0 spiro atoms. The van der Waals surface area contributed by atoms with E-state index < -0.39 is 0 Å². The molecular weight excluding hydrogens is 326 g/mol. The molecule has 92 valence electrons. The van der Waals surface area contributed by atoms with Crippen LogP contribution in [0, 0.1) is 22.7 Å². The number of hydrogen-bond acceptors (Lipinski definition) is 3. The molecule has 0 saturated carbocycles. The third-order valence-corrected chi connectivity index (χ3v) is 3.28. The lowest BCUT2D eigenvalue weighted by Crippen LogP contribution is -1.95. The van der Waals surface area contributed by atoms with E-state index in [4.69, 9.17) is 22.1 Å². The van der Waals surface area contributed by atoms with Crippen molar-refractivity contribution in [2.24, 2.45) is 0 Å². The van der Waals surface area contributed by atoms with Crippen LogP contribution in [0.5, 0.6) is 0 Å². The van der Waals surface area contributed by atoms with Gasteiger partial charge in [-0.05, 0) is 36.4 Å². The Kier molecular flexibility index (Phi) is 4.06. The zero-order valence-electron chi connectivity index (χ0n) is 9.61. The Bertz CT molecular complexity index is 714. The van der Waals surface area contributed by atoms with Gasteiger partial charge in [-0.2, -0.15) is 10.5 Å². The van der Waals surface area contributed by atoms with Crippen molar-refractivity contribution < 1.29 is 0 Å². The molecule has 0 atom stereocenters. The van der Waals surface area contributed by atoms with E-state index in [9.17, 15) is 0 Å². The summed E-state index contributed by atoms with van der Waals surface area (Å²) in [6.45, 7) is 0. The van der Waals surface area contributed by atoms with Gasteiger partial charge in [-0.3, -0.25) is 0 Å². The minimum atomic E-state index is 0.433. The average Bonchev–Trinajstić information content (AvgIpc) is 2.41. The lowest BCUT2D eigenvalue weighted by Gasteiger charge is -2.10. The topological polar surface area (TPSA) is 59.6 Å². The number of hydrogen-bond donors (Lipinski definition) is 1. The molecular formula is C14H7BrClN3. The van der Waals surface area contributed by atoms with Gasteiger partial charge in [0.1, 0.15) is 6.07 Å². The van der Waals surface area contributed by atoms with Crippen molar-refractivity contribution in [2.45, 2.75) is 0 Å². The van der Waals surface area contributed by atoms with E-state index >= 15 is 0 Å². The summed E-state index contributed by atoms with van der Waals surface area (Å²) in [6.07, 6.45) is 0. The van der Waals surface area contributed by atoms with Gasteiger partial charge in [0.15, 0.2) is 0 Å². The van der Waals surface area contributed by atoms with Gasteiger partial charge in [-0.25, -0.2) is 0 Å². The van der Waals surface area contributed by atoms with Crippen LogP contribution in [0.4, 0.5) is 11.4 Å². The lowest BCUT2D eigenvalue weighted by atomic mass is 10.1. The number of halogens is 2. The first-order chi connectivity index (χ1) is 9.13. The van der Waals surface area contributed by atoms with Gasteiger partial charge >= 0.3 is 0 Å². The fourth-order valence-electron chi connectivity index (χ4n) is 1.55. The third-order valence-electron chi connectivity index (χ3n) is 2.47. The molecule has 0 bridgehead atoms. The van der Waals surface area contributed by atoms with Crippen molar-refractivity contribution in [2.75, 3.05) is 5.32 Å². The van der Waals surface area contributed by atoms with E-state index in [1.165, 1.54) is 0 Å². The molecule has 5 heteroatoms. The standard InChI is InChI=1S/C14H7BrClN3/c15-11-3-2-10(8-18)14(6-11)19-13-4-1-9(7-17)5-12(13)16/h1-6,19H. The molecule has 0 aliphatic carbocycles. The average molecular weight is 333 g/mol. The van der Waals surface area contributed by atoms with E-state index in [2.05, 4.69) is 27.3 Å². The van der Waals surface area contributed by atoms with Crippen molar-refractivity contribution in [1.29, 1.82) is 10.5 Å². The third kappa shape index (κ3) is 3.06. The molecule has 0 aliphatic heterocycles. The van der Waals surface area contributed by atoms with Crippen molar-refractivity contribution >= 4 is 38.9 Å². The number of nitrogens with one attached hydrogen (secondary N) is 1. The van der Waals surface area contributed by atoms with Crippen LogP contribution < -0.4 is 5.32 Å². The zero-order chi connectivity index (χ0) is 13.8. The molecule has 1 N–H and O–H groups in total. The second kappa shape index (κ2) is 5.75. The highest BCUT2D eigenvalue weighted by atomic mass is 79.9. The van der Waals surface area contributed by atoms with Gasteiger partial charge in [-0.15, -0.1) is 0 Å². The molecule has 0 saturated heterocycles. The molecule has 0 aromatic heterocycles. The molecule has 0 heterocycles. The zero-order valence-corrected chi connectivity index (χ0v) is 12.0. The van der Waals surface area contributed by atoms with Gasteiger partial charge in [0.2, 0.25) is 0 Å². The first-order valence-electron chi connectivity index (χ1n) is 5.30. The minimum absolute atomic E-state index is 0.433. The summed E-state index contributed by atoms with van der Waals surface area (Å²) in [5, 5.41) is 21.4. The molecule has 0 aliphatic rings. The summed E-state index contributed by atoms with van der Waals surface area (Å²) < 4.78 is 0.860. The Hall–Kier alpha value is -2.01. The highest BCUT2D eigenvalue weighted by Gasteiger charge is 2.06. The first-order valence-corrected chi connectivity index (χ1v) is 6.47. The molecule has 2 aromatic rings. The molecule has 3 nitrogen and oxygen atoms in total. The lowest BCUT2D eigenvalue weighted by molar-refractivity contribution is 1.44. The monoisotopic (exact) mass is 331 g/mol. The predicted octanol–water partition coefficient (Wildman–Crippen LogP) is 4.59. The highest BCUT2D eigenvalue weighted by molar-refractivity contribution is 9.10. The Morgan fingerprint density at radius 1 is 1.00 bits per heavy atom. The van der Waals surface area contributed by atoms with Gasteiger partial charge in [0, 0.05) is 4.47 Å². The summed E-state index contributed by atoms with van der Waals surface area (Å²) in [7, 11) is 0. The maximum Gasteiger partial charge on any atom is 0.101 e. The van der Waals surface area contributed by atoms with Crippen molar-refractivity contribution in [3.63, 3.8) is 0 Å². The van der Waals surface area contributed by atoms with Gasteiger partial charge in [0.05, 0.1) is 33.6 Å². The van der Waals surface area contributed by atoms with Gasteiger partial charge in [0.25, 0.3) is 0 Å². The molecule has 0 fully saturated rings. The van der Waals surface area contributed by atoms with Crippen LogP contribution >= 0.6 is 27.5 Å². The van der Waals surface area contributed by atoms with Crippen molar-refractivity contribution in [3.8, 4) is 12.1 Å². The SMILES string of the molecule is N#Cc1ccc(Nc2cc(Br)ccc2C#N)c(Cl)c1. The molecule has 0 amide bonds. The fraction of sp³-hybridized carbons (Fsp3) is 0. The van der Waals surface area contributed by atoms with E-state index in [1.807, 2.05) is 6.07 Å². The number of rotatable bonds is 2. The minimum Gasteiger partial charge on any atom is -0.353 e. The van der Waals surface area contributed by atoms with E-state index in [1.54, 1.807) is 36.4 Å². The molecule has 0 unspecified atom stereocenters. The number of nitriles is 2. The van der Waals surface area contributed by atoms with Crippen LogP contribution in [0.25, 0.3) is 0 Å². The molecule has 19 heavy (non-hydrogen) atoms. The maximum absolute atomic E-state index is 9.06. The van der Waals surface area contributed by atoms with Crippen molar-refractivity contribution in [3.05, 3.63) is 57.0 Å². The fourth-order valence-corrected chi connectivity index (χ4v) is 2.14. The summed E-state index contributed by atoms with van der Waals surface area (Å²) >= 11 is 9.44. The van der Waals surface area contributed by atoms with Gasteiger partial charge in [-0.1, -0.05) is 27.5 Å².